The number of hydrogen-bond donors (Lipinski definition) is 1. The maximum atomic E-state index is 11.9. The van der Waals surface area contributed by atoms with E-state index in [4.69, 9.17) is 4.74 Å². The molecule has 0 fully saturated rings. The molecule has 0 radical (unpaired) electrons. The van der Waals surface area contributed by atoms with Gasteiger partial charge in [0.2, 0.25) is 5.91 Å². The fourth-order valence-corrected chi connectivity index (χ4v) is 1.16. The van der Waals surface area contributed by atoms with Crippen molar-refractivity contribution in [3.63, 3.8) is 0 Å². The molecule has 5 heteroatoms. The average molecular weight is 258 g/mol. The molecule has 0 aliphatic rings. The van der Waals surface area contributed by atoms with E-state index in [1.54, 1.807) is 32.7 Å². The molecule has 0 saturated heterocycles. The Morgan fingerprint density at radius 3 is 2.06 bits per heavy atom. The van der Waals surface area contributed by atoms with Crippen molar-refractivity contribution in [3.8, 4) is 0 Å². The molecule has 5 nitrogen and oxygen atoms in total. The van der Waals surface area contributed by atoms with Crippen molar-refractivity contribution < 1.29 is 14.3 Å². The van der Waals surface area contributed by atoms with Gasteiger partial charge in [-0.25, -0.2) is 4.79 Å². The lowest BCUT2D eigenvalue weighted by molar-refractivity contribution is -0.133. The number of hydrogen-bond acceptors (Lipinski definition) is 3. The molecule has 0 spiro atoms. The molecular weight excluding hydrogens is 232 g/mol. The zero-order valence-electron chi connectivity index (χ0n) is 12.6. The lowest BCUT2D eigenvalue weighted by Gasteiger charge is -2.35. The highest BCUT2D eigenvalue weighted by Crippen LogP contribution is 2.16. The van der Waals surface area contributed by atoms with E-state index in [0.29, 0.717) is 0 Å². The van der Waals surface area contributed by atoms with Crippen LogP contribution < -0.4 is 5.32 Å². The summed E-state index contributed by atoms with van der Waals surface area (Å²) in [7, 11) is 1.74. The van der Waals surface area contributed by atoms with Gasteiger partial charge < -0.3 is 15.0 Å². The number of alkyl carbamates (subject to hydrolysis) is 1. The van der Waals surface area contributed by atoms with E-state index in [1.807, 2.05) is 20.8 Å². The minimum Gasteiger partial charge on any atom is -0.444 e. The summed E-state index contributed by atoms with van der Waals surface area (Å²) in [5.74, 6) is -0.132. The van der Waals surface area contributed by atoms with Crippen LogP contribution in [0.4, 0.5) is 4.79 Å². The first kappa shape index (κ1) is 16.7. The van der Waals surface area contributed by atoms with E-state index in [0.717, 1.165) is 6.42 Å². The van der Waals surface area contributed by atoms with E-state index < -0.39 is 11.7 Å². The van der Waals surface area contributed by atoms with E-state index >= 15 is 0 Å². The Bertz CT molecular complexity index is 306. The van der Waals surface area contributed by atoms with Crippen LogP contribution in [0, 0.1) is 0 Å². The number of likely N-dealkylation sites (N-methyl/N-ethyl adjacent to an activating group) is 1. The van der Waals surface area contributed by atoms with Gasteiger partial charge in [0.05, 0.1) is 0 Å². The van der Waals surface area contributed by atoms with Crippen LogP contribution in [0.3, 0.4) is 0 Å². The third kappa shape index (κ3) is 5.89. The van der Waals surface area contributed by atoms with Crippen molar-refractivity contribution in [2.45, 2.75) is 59.1 Å². The predicted molar refractivity (Wildman–Crippen MR) is 71.4 cm³/mol. The minimum absolute atomic E-state index is 0.0468. The van der Waals surface area contributed by atoms with Gasteiger partial charge in [-0.2, -0.15) is 0 Å². The molecule has 0 saturated carbocycles. The second-order valence-electron chi connectivity index (χ2n) is 5.97. The standard InChI is InChI=1S/C13H26N2O3/c1-8-13(5,6)15(7)10(16)9-14-11(17)18-12(2,3)4/h8-9H2,1-7H3,(H,14,17). The van der Waals surface area contributed by atoms with Crippen molar-refractivity contribution >= 4 is 12.0 Å². The first-order chi connectivity index (χ1) is 7.99. The SMILES string of the molecule is CCC(C)(C)N(C)C(=O)CNC(=O)OC(C)(C)C. The molecule has 18 heavy (non-hydrogen) atoms. The smallest absolute Gasteiger partial charge is 0.408 e. The van der Waals surface area contributed by atoms with Crippen LogP contribution in [-0.4, -0.2) is 41.6 Å². The van der Waals surface area contributed by atoms with Crippen LogP contribution in [0.25, 0.3) is 0 Å². The van der Waals surface area contributed by atoms with Crippen LogP contribution in [-0.2, 0) is 9.53 Å². The molecule has 0 unspecified atom stereocenters. The number of carbonyl (C=O) groups is 2. The maximum Gasteiger partial charge on any atom is 0.408 e. The van der Waals surface area contributed by atoms with E-state index in [2.05, 4.69) is 5.32 Å². The first-order valence-electron chi connectivity index (χ1n) is 6.23. The zero-order chi connectivity index (χ0) is 14.6. The van der Waals surface area contributed by atoms with Crippen LogP contribution in [0.5, 0.6) is 0 Å². The van der Waals surface area contributed by atoms with Gasteiger partial charge in [0.15, 0.2) is 0 Å². The van der Waals surface area contributed by atoms with E-state index in [1.165, 1.54) is 0 Å². The van der Waals surface area contributed by atoms with Gasteiger partial charge in [0.1, 0.15) is 12.1 Å². The highest BCUT2D eigenvalue weighted by molar-refractivity contribution is 5.82. The van der Waals surface area contributed by atoms with Gasteiger partial charge in [-0.15, -0.1) is 0 Å². The van der Waals surface area contributed by atoms with Gasteiger partial charge in [-0.05, 0) is 41.0 Å². The van der Waals surface area contributed by atoms with E-state index in [-0.39, 0.29) is 18.0 Å². The summed E-state index contributed by atoms with van der Waals surface area (Å²) < 4.78 is 5.06. The minimum atomic E-state index is -0.571. The Morgan fingerprint density at radius 2 is 1.67 bits per heavy atom. The first-order valence-corrected chi connectivity index (χ1v) is 6.23. The number of rotatable bonds is 4. The van der Waals surface area contributed by atoms with E-state index in [9.17, 15) is 9.59 Å². The van der Waals surface area contributed by atoms with Crippen molar-refractivity contribution in [3.05, 3.63) is 0 Å². The third-order valence-electron chi connectivity index (χ3n) is 2.93. The molecule has 0 aliphatic heterocycles. The van der Waals surface area contributed by atoms with Crippen LogP contribution in [0.15, 0.2) is 0 Å². The van der Waals surface area contributed by atoms with Crippen molar-refractivity contribution in [1.29, 1.82) is 0 Å². The second-order valence-corrected chi connectivity index (χ2v) is 5.97. The summed E-state index contributed by atoms with van der Waals surface area (Å²) in [6, 6.07) is 0. The Hall–Kier alpha value is -1.26. The molecular formula is C13H26N2O3. The molecule has 0 atom stereocenters. The number of nitrogens with one attached hydrogen (secondary N) is 1. The van der Waals surface area contributed by atoms with Crippen molar-refractivity contribution in [2.24, 2.45) is 0 Å². The van der Waals surface area contributed by atoms with Crippen LogP contribution >= 0.6 is 0 Å². The fraction of sp³-hybridized carbons (Fsp3) is 0.846. The molecule has 0 rings (SSSR count). The van der Waals surface area contributed by atoms with Gasteiger partial charge in [-0.3, -0.25) is 4.79 Å². The summed E-state index contributed by atoms with van der Waals surface area (Å²) in [5, 5.41) is 2.46. The topological polar surface area (TPSA) is 58.6 Å². The number of carbonyl (C=O) groups excluding carboxylic acids is 2. The highest BCUT2D eigenvalue weighted by Gasteiger charge is 2.26. The number of ether oxygens (including phenoxy) is 1. The molecule has 0 bridgehead atoms. The molecule has 2 amide bonds. The second kappa shape index (κ2) is 6.07. The predicted octanol–water partition coefficient (Wildman–Crippen LogP) is 2.16. The summed E-state index contributed by atoms with van der Waals surface area (Å²) in [5.41, 5.74) is -0.769. The Labute approximate surface area is 110 Å². The Kier molecular flexibility index (Phi) is 5.64. The maximum absolute atomic E-state index is 11.9. The lowest BCUT2D eigenvalue weighted by atomic mass is 10.00. The zero-order valence-corrected chi connectivity index (χ0v) is 12.6. The normalized spacial score (nSPS) is 11.9. The monoisotopic (exact) mass is 258 g/mol. The number of nitrogens with zero attached hydrogens (tertiary/aromatic N) is 1. The highest BCUT2D eigenvalue weighted by atomic mass is 16.6. The molecule has 0 aromatic heterocycles. The molecule has 0 aromatic rings. The van der Waals surface area contributed by atoms with Crippen LogP contribution in [0.1, 0.15) is 48.0 Å². The quantitative estimate of drug-likeness (QED) is 0.840. The summed E-state index contributed by atoms with van der Waals surface area (Å²) in [6.07, 6.45) is 0.278. The summed E-state index contributed by atoms with van der Waals surface area (Å²) in [4.78, 5) is 24.9. The van der Waals surface area contributed by atoms with Gasteiger partial charge in [0.25, 0.3) is 0 Å². The fourth-order valence-electron chi connectivity index (χ4n) is 1.16. The average Bonchev–Trinajstić information content (AvgIpc) is 2.22. The summed E-state index contributed by atoms with van der Waals surface area (Å²) in [6.45, 7) is 11.3. The largest absolute Gasteiger partial charge is 0.444 e. The molecule has 1 N–H and O–H groups in total. The summed E-state index contributed by atoms with van der Waals surface area (Å²) >= 11 is 0. The number of amides is 2. The third-order valence-corrected chi connectivity index (χ3v) is 2.93. The van der Waals surface area contributed by atoms with Gasteiger partial charge in [0, 0.05) is 12.6 Å². The molecule has 0 heterocycles. The van der Waals surface area contributed by atoms with Gasteiger partial charge >= 0.3 is 6.09 Å². The lowest BCUT2D eigenvalue weighted by Crippen LogP contribution is -2.49. The van der Waals surface area contributed by atoms with Crippen molar-refractivity contribution in [2.75, 3.05) is 13.6 Å². The molecule has 0 aliphatic carbocycles. The van der Waals surface area contributed by atoms with Crippen LogP contribution in [0.2, 0.25) is 0 Å². The molecule has 106 valence electrons. The Balaban J connectivity index is 4.24. The molecule has 0 aromatic carbocycles. The van der Waals surface area contributed by atoms with Crippen molar-refractivity contribution in [1.82, 2.24) is 10.2 Å². The Morgan fingerprint density at radius 1 is 1.17 bits per heavy atom. The van der Waals surface area contributed by atoms with Gasteiger partial charge in [-0.1, -0.05) is 6.92 Å².